The van der Waals surface area contributed by atoms with Crippen molar-refractivity contribution in [2.45, 2.75) is 13.3 Å². The third-order valence-corrected chi connectivity index (χ3v) is 4.20. The Kier molecular flexibility index (Phi) is 6.67. The Hall–Kier alpha value is -3.20. The van der Waals surface area contributed by atoms with E-state index in [1.54, 1.807) is 12.1 Å². The highest BCUT2D eigenvalue weighted by Gasteiger charge is 2.11. The van der Waals surface area contributed by atoms with Crippen LogP contribution in [0.25, 0.3) is 5.69 Å². The molecular formula is C18H16BrN3O5. The summed E-state index contributed by atoms with van der Waals surface area (Å²) in [5.41, 5.74) is 4.26. The number of non-ortho nitro benzene ring substituents is 1. The van der Waals surface area contributed by atoms with Crippen molar-refractivity contribution in [2.24, 2.45) is 0 Å². The van der Waals surface area contributed by atoms with Crippen LogP contribution in [0.1, 0.15) is 16.8 Å². The van der Waals surface area contributed by atoms with E-state index >= 15 is 0 Å². The molecule has 1 aromatic heterocycles. The van der Waals surface area contributed by atoms with E-state index in [1.807, 2.05) is 42.1 Å². The first-order chi connectivity index (χ1) is 12.8. The average Bonchev–Trinajstić information content (AvgIpc) is 2.96. The van der Waals surface area contributed by atoms with Gasteiger partial charge in [0, 0.05) is 23.0 Å². The third kappa shape index (κ3) is 5.65. The predicted octanol–water partition coefficient (Wildman–Crippen LogP) is 4.66. The number of rotatable bonds is 4. The summed E-state index contributed by atoms with van der Waals surface area (Å²) in [5.74, 6) is 0. The smallest absolute Gasteiger partial charge is 0.450 e. The van der Waals surface area contributed by atoms with Crippen LogP contribution in [0.3, 0.4) is 0 Å². The van der Waals surface area contributed by atoms with E-state index in [0.717, 1.165) is 27.0 Å². The number of benzene rings is 2. The SMILES string of the molecule is Cc1cnn(-c2ccc(Br)cc2)c1Cc1ccc([N+](=O)[O-])cc1.O=C(O)O. The van der Waals surface area contributed by atoms with Gasteiger partial charge >= 0.3 is 6.16 Å². The van der Waals surface area contributed by atoms with Crippen molar-refractivity contribution in [3.63, 3.8) is 0 Å². The summed E-state index contributed by atoms with van der Waals surface area (Å²) in [7, 11) is 0. The Morgan fingerprint density at radius 3 is 2.22 bits per heavy atom. The number of hydrogen-bond acceptors (Lipinski definition) is 4. The van der Waals surface area contributed by atoms with Gasteiger partial charge in [0.1, 0.15) is 0 Å². The minimum absolute atomic E-state index is 0.104. The summed E-state index contributed by atoms with van der Waals surface area (Å²) in [6.45, 7) is 2.02. The van der Waals surface area contributed by atoms with Crippen molar-refractivity contribution in [3.05, 3.63) is 86.1 Å². The van der Waals surface area contributed by atoms with Gasteiger partial charge in [-0.25, -0.2) is 9.48 Å². The molecule has 3 rings (SSSR count). The summed E-state index contributed by atoms with van der Waals surface area (Å²) < 4.78 is 2.92. The second-order valence-electron chi connectivity index (χ2n) is 5.55. The Labute approximate surface area is 163 Å². The number of nitro benzene ring substituents is 1. The zero-order chi connectivity index (χ0) is 20.0. The van der Waals surface area contributed by atoms with Gasteiger partial charge in [0.15, 0.2) is 0 Å². The average molecular weight is 434 g/mol. The monoisotopic (exact) mass is 433 g/mol. The molecular weight excluding hydrogens is 418 g/mol. The maximum atomic E-state index is 10.7. The zero-order valence-corrected chi connectivity index (χ0v) is 15.8. The van der Waals surface area contributed by atoms with Crippen molar-refractivity contribution < 1.29 is 19.9 Å². The number of halogens is 1. The standard InChI is InChI=1S/C17H14BrN3O2.CH2O3/c1-12-11-19-20(15-8-4-14(18)5-9-15)17(12)10-13-2-6-16(7-3-13)21(22)23;2-1(3)4/h2-9,11H,10H2,1H3;(H2,2,3,4). The van der Waals surface area contributed by atoms with E-state index in [1.165, 1.54) is 12.1 Å². The Morgan fingerprint density at radius 2 is 1.70 bits per heavy atom. The first-order valence-electron chi connectivity index (χ1n) is 7.72. The molecule has 0 aliphatic carbocycles. The lowest BCUT2D eigenvalue weighted by Crippen LogP contribution is -2.04. The summed E-state index contributed by atoms with van der Waals surface area (Å²) in [5, 5.41) is 29.1. The molecule has 0 atom stereocenters. The van der Waals surface area contributed by atoms with Gasteiger partial charge in [0.05, 0.1) is 22.5 Å². The lowest BCUT2D eigenvalue weighted by Gasteiger charge is -2.09. The fourth-order valence-electron chi connectivity index (χ4n) is 2.40. The number of carbonyl (C=O) groups is 1. The highest BCUT2D eigenvalue weighted by molar-refractivity contribution is 9.10. The second-order valence-corrected chi connectivity index (χ2v) is 6.46. The summed E-state index contributed by atoms with van der Waals surface area (Å²) in [6.07, 6.45) is 0.669. The zero-order valence-electron chi connectivity index (χ0n) is 14.2. The van der Waals surface area contributed by atoms with Crippen molar-refractivity contribution in [1.29, 1.82) is 0 Å². The van der Waals surface area contributed by atoms with Crippen LogP contribution in [-0.2, 0) is 6.42 Å². The molecule has 0 saturated carbocycles. The van der Waals surface area contributed by atoms with Crippen LogP contribution in [-0.4, -0.2) is 31.1 Å². The number of aromatic nitrogens is 2. The Bertz CT molecular complexity index is 933. The maximum Gasteiger partial charge on any atom is 0.503 e. The lowest BCUT2D eigenvalue weighted by molar-refractivity contribution is -0.384. The summed E-state index contributed by atoms with van der Waals surface area (Å²) >= 11 is 3.43. The van der Waals surface area contributed by atoms with Gasteiger partial charge in [-0.05, 0) is 42.3 Å². The van der Waals surface area contributed by atoms with Gasteiger partial charge in [0.2, 0.25) is 0 Å². The normalized spacial score (nSPS) is 10.0. The molecule has 0 spiro atoms. The molecule has 0 aliphatic heterocycles. The number of carboxylic acid groups (broad SMARTS) is 2. The van der Waals surface area contributed by atoms with Crippen LogP contribution in [0.4, 0.5) is 10.5 Å². The number of nitrogens with zero attached hydrogens (tertiary/aromatic N) is 3. The van der Waals surface area contributed by atoms with Crippen LogP contribution in [0.2, 0.25) is 0 Å². The van der Waals surface area contributed by atoms with E-state index in [0.29, 0.717) is 6.42 Å². The molecule has 0 fully saturated rings. The van der Waals surface area contributed by atoms with Crippen molar-refractivity contribution in [2.75, 3.05) is 0 Å². The fourth-order valence-corrected chi connectivity index (χ4v) is 2.67. The van der Waals surface area contributed by atoms with Crippen LogP contribution >= 0.6 is 15.9 Å². The fraction of sp³-hybridized carbons (Fsp3) is 0.111. The van der Waals surface area contributed by atoms with E-state index in [2.05, 4.69) is 21.0 Å². The molecule has 1 heterocycles. The number of hydrogen-bond donors (Lipinski definition) is 2. The largest absolute Gasteiger partial charge is 0.503 e. The van der Waals surface area contributed by atoms with Crippen molar-refractivity contribution >= 4 is 27.8 Å². The summed E-state index contributed by atoms with van der Waals surface area (Å²) in [6, 6.07) is 14.6. The van der Waals surface area contributed by atoms with Crippen molar-refractivity contribution in [3.8, 4) is 5.69 Å². The van der Waals surface area contributed by atoms with E-state index < -0.39 is 6.16 Å². The molecule has 3 aromatic rings. The minimum atomic E-state index is -1.83. The quantitative estimate of drug-likeness (QED) is 0.455. The van der Waals surface area contributed by atoms with Gasteiger partial charge < -0.3 is 10.2 Å². The minimum Gasteiger partial charge on any atom is -0.450 e. The van der Waals surface area contributed by atoms with Crippen LogP contribution in [0, 0.1) is 17.0 Å². The van der Waals surface area contributed by atoms with E-state index in [4.69, 9.17) is 15.0 Å². The molecule has 27 heavy (non-hydrogen) atoms. The van der Waals surface area contributed by atoms with Gasteiger partial charge in [-0.15, -0.1) is 0 Å². The van der Waals surface area contributed by atoms with E-state index in [-0.39, 0.29) is 10.6 Å². The lowest BCUT2D eigenvalue weighted by atomic mass is 10.1. The second kappa shape index (κ2) is 8.95. The Morgan fingerprint density at radius 1 is 1.15 bits per heavy atom. The van der Waals surface area contributed by atoms with Crippen LogP contribution < -0.4 is 0 Å². The molecule has 0 aliphatic rings. The Balaban J connectivity index is 0.000000596. The molecule has 8 nitrogen and oxygen atoms in total. The van der Waals surface area contributed by atoms with Gasteiger partial charge in [0.25, 0.3) is 5.69 Å². The molecule has 140 valence electrons. The molecule has 0 saturated heterocycles. The molecule has 0 amide bonds. The van der Waals surface area contributed by atoms with Crippen LogP contribution in [0.15, 0.2) is 59.2 Å². The molecule has 2 aromatic carbocycles. The first-order valence-corrected chi connectivity index (χ1v) is 8.52. The molecule has 2 N–H and O–H groups in total. The highest BCUT2D eigenvalue weighted by Crippen LogP contribution is 2.21. The van der Waals surface area contributed by atoms with Gasteiger partial charge in [-0.1, -0.05) is 28.1 Å². The van der Waals surface area contributed by atoms with E-state index in [9.17, 15) is 10.1 Å². The van der Waals surface area contributed by atoms with Gasteiger partial charge in [-0.2, -0.15) is 5.10 Å². The molecule has 9 heteroatoms. The topological polar surface area (TPSA) is 118 Å². The number of nitro groups is 1. The molecule has 0 unspecified atom stereocenters. The summed E-state index contributed by atoms with van der Waals surface area (Å²) in [4.78, 5) is 18.9. The third-order valence-electron chi connectivity index (χ3n) is 3.67. The highest BCUT2D eigenvalue weighted by atomic mass is 79.9. The molecule has 0 bridgehead atoms. The molecule has 0 radical (unpaired) electrons. The number of aryl methyl sites for hydroxylation is 1. The predicted molar refractivity (Wildman–Crippen MR) is 103 cm³/mol. The van der Waals surface area contributed by atoms with Crippen LogP contribution in [0.5, 0.6) is 0 Å². The first kappa shape index (κ1) is 20.1. The van der Waals surface area contributed by atoms with Crippen molar-refractivity contribution in [1.82, 2.24) is 9.78 Å². The van der Waals surface area contributed by atoms with Gasteiger partial charge in [-0.3, -0.25) is 10.1 Å². The maximum absolute atomic E-state index is 10.7.